The zero-order valence-electron chi connectivity index (χ0n) is 17.5. The predicted octanol–water partition coefficient (Wildman–Crippen LogP) is 3.20. The third-order valence-corrected chi connectivity index (χ3v) is 6.35. The van der Waals surface area contributed by atoms with E-state index in [0.717, 1.165) is 58.5 Å². The SMILES string of the molecule is N.c1cc(CC2CO2)c(CC2CO2)cc1Cc1ccc(CC2CO2)c(CC2CO2)c1. The maximum Gasteiger partial charge on any atom is 0.0850 e. The van der Waals surface area contributed by atoms with E-state index in [0.29, 0.717) is 24.4 Å². The summed E-state index contributed by atoms with van der Waals surface area (Å²) < 4.78 is 21.9. The van der Waals surface area contributed by atoms with Gasteiger partial charge in [0.25, 0.3) is 0 Å². The lowest BCUT2D eigenvalue weighted by atomic mass is 9.92. The van der Waals surface area contributed by atoms with Crippen LogP contribution >= 0.6 is 0 Å². The summed E-state index contributed by atoms with van der Waals surface area (Å²) in [5.74, 6) is 0. The molecule has 160 valence electrons. The van der Waals surface area contributed by atoms with Gasteiger partial charge < -0.3 is 25.1 Å². The highest BCUT2D eigenvalue weighted by atomic mass is 16.6. The Hall–Kier alpha value is -1.76. The van der Waals surface area contributed by atoms with Crippen molar-refractivity contribution in [3.63, 3.8) is 0 Å². The molecule has 0 saturated carbocycles. The molecule has 4 unspecified atom stereocenters. The van der Waals surface area contributed by atoms with Crippen molar-refractivity contribution >= 4 is 0 Å². The minimum atomic E-state index is 0. The van der Waals surface area contributed by atoms with E-state index < -0.39 is 0 Å². The van der Waals surface area contributed by atoms with E-state index >= 15 is 0 Å². The van der Waals surface area contributed by atoms with Crippen molar-refractivity contribution in [3.05, 3.63) is 69.8 Å². The van der Waals surface area contributed by atoms with Gasteiger partial charge in [-0.3, -0.25) is 0 Å². The van der Waals surface area contributed by atoms with Crippen LogP contribution in [0.15, 0.2) is 36.4 Å². The molecule has 0 aliphatic carbocycles. The quantitative estimate of drug-likeness (QED) is 0.609. The van der Waals surface area contributed by atoms with Crippen LogP contribution in [0.2, 0.25) is 0 Å². The van der Waals surface area contributed by atoms with Gasteiger partial charge in [0.2, 0.25) is 0 Å². The summed E-state index contributed by atoms with van der Waals surface area (Å²) in [6.45, 7) is 3.63. The molecule has 4 fully saturated rings. The number of hydrogen-bond donors (Lipinski definition) is 1. The Labute approximate surface area is 178 Å². The lowest BCUT2D eigenvalue weighted by molar-refractivity contribution is 0.401. The number of ether oxygens (including phenoxy) is 4. The summed E-state index contributed by atoms with van der Waals surface area (Å²) in [6.07, 6.45) is 6.77. The number of benzene rings is 2. The maximum absolute atomic E-state index is 5.50. The van der Waals surface area contributed by atoms with Gasteiger partial charge in [0.1, 0.15) is 0 Å². The predicted molar refractivity (Wildman–Crippen MR) is 114 cm³/mol. The maximum atomic E-state index is 5.50. The van der Waals surface area contributed by atoms with Crippen LogP contribution in [0.4, 0.5) is 0 Å². The molecule has 0 spiro atoms. The van der Waals surface area contributed by atoms with E-state index in [2.05, 4.69) is 36.4 Å². The monoisotopic (exact) mass is 409 g/mol. The van der Waals surface area contributed by atoms with Crippen molar-refractivity contribution in [1.82, 2.24) is 6.15 Å². The Morgan fingerprint density at radius 3 is 1.20 bits per heavy atom. The Kier molecular flexibility index (Phi) is 5.65. The van der Waals surface area contributed by atoms with Crippen molar-refractivity contribution in [3.8, 4) is 0 Å². The Balaban J connectivity index is 0.00000193. The number of rotatable bonds is 10. The van der Waals surface area contributed by atoms with Gasteiger partial charge in [0, 0.05) is 25.7 Å². The van der Waals surface area contributed by atoms with Gasteiger partial charge in [0.15, 0.2) is 0 Å². The second-order valence-corrected chi connectivity index (χ2v) is 9.02. The lowest BCUT2D eigenvalue weighted by Crippen LogP contribution is -2.05. The molecule has 6 rings (SSSR count). The summed E-state index contributed by atoms with van der Waals surface area (Å²) in [5, 5.41) is 0. The first kappa shape index (κ1) is 20.2. The minimum Gasteiger partial charge on any atom is -0.373 e. The third-order valence-electron chi connectivity index (χ3n) is 6.35. The molecule has 0 amide bonds. The summed E-state index contributed by atoms with van der Waals surface area (Å²) in [5.41, 5.74) is 8.50. The van der Waals surface area contributed by atoms with E-state index in [1.807, 2.05) is 0 Å². The molecule has 5 heteroatoms. The van der Waals surface area contributed by atoms with E-state index in [4.69, 9.17) is 18.9 Å². The first-order valence-electron chi connectivity index (χ1n) is 11.0. The van der Waals surface area contributed by atoms with Gasteiger partial charge >= 0.3 is 0 Å². The van der Waals surface area contributed by atoms with E-state index in [1.165, 1.54) is 33.4 Å². The highest BCUT2D eigenvalue weighted by Crippen LogP contribution is 2.28. The fourth-order valence-electron chi connectivity index (χ4n) is 4.32. The summed E-state index contributed by atoms with van der Waals surface area (Å²) in [4.78, 5) is 0. The highest BCUT2D eigenvalue weighted by molar-refractivity contribution is 5.39. The Morgan fingerprint density at radius 2 is 0.867 bits per heavy atom. The molecular weight excluding hydrogens is 378 g/mol. The molecular formula is C25H31NO4. The zero-order valence-corrected chi connectivity index (χ0v) is 17.5. The van der Waals surface area contributed by atoms with Gasteiger partial charge in [-0.05, 0) is 39.8 Å². The van der Waals surface area contributed by atoms with E-state index in [-0.39, 0.29) is 6.15 Å². The number of hydrogen-bond acceptors (Lipinski definition) is 5. The second kappa shape index (κ2) is 8.40. The van der Waals surface area contributed by atoms with Gasteiger partial charge in [-0.2, -0.15) is 0 Å². The lowest BCUT2D eigenvalue weighted by Gasteiger charge is -2.13. The van der Waals surface area contributed by atoms with Crippen LogP contribution in [0.1, 0.15) is 33.4 Å². The van der Waals surface area contributed by atoms with Gasteiger partial charge in [0.05, 0.1) is 50.8 Å². The summed E-state index contributed by atoms with van der Waals surface area (Å²) in [7, 11) is 0. The molecule has 0 radical (unpaired) electrons. The highest BCUT2D eigenvalue weighted by Gasteiger charge is 2.29. The van der Waals surface area contributed by atoms with Crippen molar-refractivity contribution in [2.24, 2.45) is 0 Å². The molecule has 4 heterocycles. The van der Waals surface area contributed by atoms with E-state index in [1.54, 1.807) is 0 Å². The zero-order chi connectivity index (χ0) is 19.2. The molecule has 3 N–H and O–H groups in total. The molecule has 30 heavy (non-hydrogen) atoms. The molecule has 4 aliphatic rings. The van der Waals surface area contributed by atoms with E-state index in [9.17, 15) is 0 Å². The standard InChI is InChI=1S/C25H28O4.H3N/c1-3-18(8-22-12-26-22)20(10-24-14-28-24)6-16(1)5-17-2-4-19(9-23-13-27-23)21(7-17)11-25-15-29-25;/h1-4,6-7,22-25H,5,8-15H2;1H3. The molecule has 4 aliphatic heterocycles. The van der Waals surface area contributed by atoms with Crippen LogP contribution in [0.25, 0.3) is 0 Å². The van der Waals surface area contributed by atoms with Crippen molar-refractivity contribution in [2.75, 3.05) is 26.4 Å². The molecule has 2 aromatic rings. The third kappa shape index (κ3) is 5.29. The topological polar surface area (TPSA) is 85.1 Å². The normalized spacial score (nSPS) is 28.0. The first-order valence-corrected chi connectivity index (χ1v) is 11.0. The van der Waals surface area contributed by atoms with Crippen LogP contribution in [0.5, 0.6) is 0 Å². The van der Waals surface area contributed by atoms with Gasteiger partial charge in [-0.15, -0.1) is 0 Å². The van der Waals surface area contributed by atoms with Crippen molar-refractivity contribution in [1.29, 1.82) is 0 Å². The Morgan fingerprint density at radius 1 is 0.533 bits per heavy atom. The smallest absolute Gasteiger partial charge is 0.0850 e. The fourth-order valence-corrected chi connectivity index (χ4v) is 4.32. The van der Waals surface area contributed by atoms with Gasteiger partial charge in [-0.1, -0.05) is 36.4 Å². The molecule has 0 aromatic heterocycles. The molecule has 5 nitrogen and oxygen atoms in total. The summed E-state index contributed by atoms with van der Waals surface area (Å²) in [6, 6.07) is 14.0. The first-order chi connectivity index (χ1) is 14.3. The van der Waals surface area contributed by atoms with Crippen LogP contribution in [-0.4, -0.2) is 50.8 Å². The average molecular weight is 410 g/mol. The molecule has 2 aromatic carbocycles. The Bertz CT molecular complexity index is 825. The van der Waals surface area contributed by atoms with Crippen molar-refractivity contribution < 1.29 is 18.9 Å². The van der Waals surface area contributed by atoms with Crippen LogP contribution in [0.3, 0.4) is 0 Å². The minimum absolute atomic E-state index is 0. The molecule has 4 saturated heterocycles. The van der Waals surface area contributed by atoms with Crippen LogP contribution < -0.4 is 6.15 Å². The second-order valence-electron chi connectivity index (χ2n) is 9.02. The number of epoxide rings is 4. The van der Waals surface area contributed by atoms with Crippen molar-refractivity contribution in [2.45, 2.75) is 56.5 Å². The van der Waals surface area contributed by atoms with Gasteiger partial charge in [-0.25, -0.2) is 0 Å². The van der Waals surface area contributed by atoms with Crippen LogP contribution in [0, 0.1) is 0 Å². The molecule has 4 atom stereocenters. The molecule has 0 bridgehead atoms. The summed E-state index contributed by atoms with van der Waals surface area (Å²) >= 11 is 0. The average Bonchev–Trinajstić information content (AvgIpc) is 3.50. The largest absolute Gasteiger partial charge is 0.373 e. The fraction of sp³-hybridized carbons (Fsp3) is 0.520. The van der Waals surface area contributed by atoms with Crippen LogP contribution in [-0.2, 0) is 51.1 Å².